The van der Waals surface area contributed by atoms with Gasteiger partial charge in [0.05, 0.1) is 24.0 Å². The van der Waals surface area contributed by atoms with Gasteiger partial charge in [-0.3, -0.25) is 0 Å². The summed E-state index contributed by atoms with van der Waals surface area (Å²) < 4.78 is 12.0. The molecule has 31 heavy (non-hydrogen) atoms. The molecule has 1 aliphatic heterocycles. The second-order valence-electron chi connectivity index (χ2n) is 7.41. The zero-order valence-electron chi connectivity index (χ0n) is 17.8. The van der Waals surface area contributed by atoms with Gasteiger partial charge in [0.2, 0.25) is 0 Å². The average molecular weight is 421 g/mol. The molecule has 1 atom stereocenters. The van der Waals surface area contributed by atoms with Gasteiger partial charge < -0.3 is 28.9 Å². The van der Waals surface area contributed by atoms with Crippen LogP contribution >= 0.6 is 0 Å². The number of para-hydroxylation sites is 1. The van der Waals surface area contributed by atoms with Crippen molar-refractivity contribution in [3.05, 3.63) is 78.1 Å². The van der Waals surface area contributed by atoms with Crippen LogP contribution in [0.15, 0.2) is 67.0 Å². The number of anilines is 2. The third-order valence-corrected chi connectivity index (χ3v) is 5.67. The summed E-state index contributed by atoms with van der Waals surface area (Å²) in [7, 11) is 2.89. The van der Waals surface area contributed by atoms with E-state index in [-0.39, 0.29) is 5.97 Å². The summed E-state index contributed by atoms with van der Waals surface area (Å²) in [6.45, 7) is 3.36. The normalized spacial score (nSPS) is 15.1. The molecule has 1 N–H and O–H groups in total. The van der Waals surface area contributed by atoms with Crippen LogP contribution < -0.4 is 9.80 Å². The molecule has 0 aliphatic carbocycles. The molecule has 7 nitrogen and oxygen atoms in total. The van der Waals surface area contributed by atoms with Crippen molar-refractivity contribution in [1.82, 2.24) is 4.57 Å². The molecule has 1 fully saturated rings. The van der Waals surface area contributed by atoms with Crippen molar-refractivity contribution in [3.8, 4) is 5.69 Å². The molecule has 0 amide bonds. The highest BCUT2D eigenvalue weighted by atomic mass is 16.6. The van der Waals surface area contributed by atoms with E-state index in [9.17, 15) is 9.90 Å². The Balaban J connectivity index is 1.54. The third-order valence-electron chi connectivity index (χ3n) is 5.67. The fourth-order valence-corrected chi connectivity index (χ4v) is 4.03. The van der Waals surface area contributed by atoms with Crippen LogP contribution in [0.1, 0.15) is 22.2 Å². The van der Waals surface area contributed by atoms with Crippen LogP contribution in [-0.2, 0) is 9.47 Å². The fourth-order valence-electron chi connectivity index (χ4n) is 4.03. The molecule has 1 aliphatic rings. The Labute approximate surface area is 182 Å². The summed E-state index contributed by atoms with van der Waals surface area (Å²) >= 11 is 0. The van der Waals surface area contributed by atoms with E-state index in [1.165, 1.54) is 14.2 Å². The third kappa shape index (κ3) is 4.28. The van der Waals surface area contributed by atoms with Gasteiger partial charge in [-0.1, -0.05) is 12.1 Å². The summed E-state index contributed by atoms with van der Waals surface area (Å²) in [5.74, 6) is -0.327. The maximum absolute atomic E-state index is 11.7. The molecule has 3 aromatic rings. The monoisotopic (exact) mass is 421 g/mol. The van der Waals surface area contributed by atoms with E-state index in [0.717, 1.165) is 48.8 Å². The number of nitrogens with zero attached hydrogens (tertiary/aromatic N) is 3. The summed E-state index contributed by atoms with van der Waals surface area (Å²) in [4.78, 5) is 16.3. The number of aromatic nitrogens is 1. The van der Waals surface area contributed by atoms with Crippen LogP contribution in [0.5, 0.6) is 0 Å². The van der Waals surface area contributed by atoms with Gasteiger partial charge in [-0.2, -0.15) is 0 Å². The summed E-state index contributed by atoms with van der Waals surface area (Å²) in [6.07, 6.45) is 2.96. The van der Waals surface area contributed by atoms with Gasteiger partial charge in [-0.15, -0.1) is 0 Å². The molecule has 0 spiro atoms. The van der Waals surface area contributed by atoms with Gasteiger partial charge in [-0.05, 0) is 42.5 Å². The van der Waals surface area contributed by atoms with Gasteiger partial charge in [0.1, 0.15) is 0 Å². The van der Waals surface area contributed by atoms with Gasteiger partial charge in [-0.25, -0.2) is 4.79 Å². The topological polar surface area (TPSA) is 67.2 Å². The zero-order valence-corrected chi connectivity index (χ0v) is 17.8. The predicted octanol–water partition coefficient (Wildman–Crippen LogP) is 3.23. The van der Waals surface area contributed by atoms with Gasteiger partial charge >= 0.3 is 5.97 Å². The van der Waals surface area contributed by atoms with Crippen molar-refractivity contribution >= 4 is 17.3 Å². The molecule has 1 unspecified atom stereocenters. The van der Waals surface area contributed by atoms with Gasteiger partial charge in [0.25, 0.3) is 0 Å². The standard InChI is InChI=1S/C24H27N3O4/c1-30-23(28)18-8-10-19(11-9-18)25-14-16-26(17-15-25)21-7-5-6-20(24(29)31-2)22(21)27-12-3-4-13-27/h3-13,24,29H,14-17H2,1-2H3. The summed E-state index contributed by atoms with van der Waals surface area (Å²) in [5.41, 5.74) is 4.36. The first-order chi connectivity index (χ1) is 15.1. The highest BCUT2D eigenvalue weighted by Crippen LogP contribution is 2.33. The molecular formula is C24H27N3O4. The molecule has 4 rings (SSSR count). The van der Waals surface area contributed by atoms with Crippen molar-refractivity contribution in [1.29, 1.82) is 0 Å². The minimum atomic E-state index is -0.994. The number of aliphatic hydroxyl groups excluding tert-OH is 1. The first kappa shape index (κ1) is 21.0. The van der Waals surface area contributed by atoms with Gasteiger partial charge in [0, 0.05) is 56.9 Å². The van der Waals surface area contributed by atoms with Gasteiger partial charge in [0.15, 0.2) is 6.29 Å². The zero-order chi connectivity index (χ0) is 21.8. The molecule has 162 valence electrons. The molecule has 1 aromatic heterocycles. The van der Waals surface area contributed by atoms with E-state index in [1.54, 1.807) is 12.1 Å². The maximum Gasteiger partial charge on any atom is 0.337 e. The van der Waals surface area contributed by atoms with Crippen LogP contribution in [0.3, 0.4) is 0 Å². The highest BCUT2D eigenvalue weighted by molar-refractivity contribution is 5.89. The van der Waals surface area contributed by atoms with Crippen LogP contribution in [0, 0.1) is 0 Å². The minimum Gasteiger partial charge on any atom is -0.465 e. The Bertz CT molecular complexity index is 1010. The number of carbonyl (C=O) groups is 1. The minimum absolute atomic E-state index is 0.327. The molecule has 2 aromatic carbocycles. The lowest BCUT2D eigenvalue weighted by Gasteiger charge is -2.38. The first-order valence-electron chi connectivity index (χ1n) is 10.3. The number of carbonyl (C=O) groups excluding carboxylic acids is 1. The Morgan fingerprint density at radius 1 is 0.903 bits per heavy atom. The van der Waals surface area contributed by atoms with Crippen molar-refractivity contribution in [3.63, 3.8) is 0 Å². The van der Waals surface area contributed by atoms with Crippen LogP contribution in [0.4, 0.5) is 11.4 Å². The number of rotatable bonds is 6. The van der Waals surface area contributed by atoms with Crippen LogP contribution in [-0.4, -0.2) is 56.0 Å². The lowest BCUT2D eigenvalue weighted by molar-refractivity contribution is -0.0768. The number of esters is 1. The van der Waals surface area contributed by atoms with E-state index in [0.29, 0.717) is 5.56 Å². The number of aliphatic hydroxyl groups is 1. The SMILES string of the molecule is COC(=O)c1ccc(N2CCN(c3cccc(C(O)OC)c3-n3cccc3)CC2)cc1. The number of hydrogen-bond acceptors (Lipinski definition) is 6. The molecular weight excluding hydrogens is 394 g/mol. The van der Waals surface area contributed by atoms with Crippen molar-refractivity contribution in [2.24, 2.45) is 0 Å². The lowest BCUT2D eigenvalue weighted by atomic mass is 10.1. The molecule has 0 saturated carbocycles. The number of methoxy groups -OCH3 is 2. The Morgan fingerprint density at radius 3 is 2.16 bits per heavy atom. The van der Waals surface area contributed by atoms with Crippen molar-refractivity contribution in [2.45, 2.75) is 6.29 Å². The fraction of sp³-hybridized carbons (Fsp3) is 0.292. The number of ether oxygens (including phenoxy) is 2. The van der Waals surface area contributed by atoms with E-state index < -0.39 is 6.29 Å². The first-order valence-corrected chi connectivity index (χ1v) is 10.3. The number of hydrogen-bond donors (Lipinski definition) is 1. The summed E-state index contributed by atoms with van der Waals surface area (Å²) in [6, 6.07) is 17.4. The van der Waals surface area contributed by atoms with E-state index in [1.807, 2.05) is 53.4 Å². The smallest absolute Gasteiger partial charge is 0.337 e. The Hall–Kier alpha value is -3.29. The Morgan fingerprint density at radius 2 is 1.55 bits per heavy atom. The molecule has 7 heteroatoms. The maximum atomic E-state index is 11.7. The van der Waals surface area contributed by atoms with Crippen molar-refractivity contribution in [2.75, 3.05) is 50.2 Å². The van der Waals surface area contributed by atoms with Crippen LogP contribution in [0.2, 0.25) is 0 Å². The van der Waals surface area contributed by atoms with Crippen molar-refractivity contribution < 1.29 is 19.4 Å². The highest BCUT2D eigenvalue weighted by Gasteiger charge is 2.23. The predicted molar refractivity (Wildman–Crippen MR) is 120 cm³/mol. The van der Waals surface area contributed by atoms with E-state index in [4.69, 9.17) is 9.47 Å². The number of benzene rings is 2. The second-order valence-corrected chi connectivity index (χ2v) is 7.41. The molecule has 2 heterocycles. The van der Waals surface area contributed by atoms with Crippen LogP contribution in [0.25, 0.3) is 5.69 Å². The average Bonchev–Trinajstić information content (AvgIpc) is 3.37. The molecule has 0 radical (unpaired) electrons. The molecule has 1 saturated heterocycles. The quantitative estimate of drug-likeness (QED) is 0.487. The largest absolute Gasteiger partial charge is 0.465 e. The Kier molecular flexibility index (Phi) is 6.25. The summed E-state index contributed by atoms with van der Waals surface area (Å²) in [5, 5.41) is 10.4. The molecule has 0 bridgehead atoms. The van der Waals surface area contributed by atoms with E-state index >= 15 is 0 Å². The second kappa shape index (κ2) is 9.24. The number of piperazine rings is 1. The van der Waals surface area contributed by atoms with E-state index in [2.05, 4.69) is 15.9 Å². The lowest BCUT2D eigenvalue weighted by Crippen LogP contribution is -2.46.